The Labute approximate surface area is 140 Å². The quantitative estimate of drug-likeness (QED) is 0.942. The molecule has 0 saturated heterocycles. The van der Waals surface area contributed by atoms with Gasteiger partial charge in [-0.2, -0.15) is 0 Å². The van der Waals surface area contributed by atoms with Crippen LogP contribution in [0.1, 0.15) is 31.8 Å². The lowest BCUT2D eigenvalue weighted by molar-refractivity contribution is 0.0694. The standard InChI is InChI=1S/C19H19NO4/c1-24-17-7-6-13-8-10-20(11-9-16(13)12-17)18(21)14-2-4-15(5-3-14)19(22)23/h2-7,12H,8-11H2,1H3,(H,22,23). The summed E-state index contributed by atoms with van der Waals surface area (Å²) in [5.41, 5.74) is 3.16. The number of amides is 1. The van der Waals surface area contributed by atoms with E-state index < -0.39 is 5.97 Å². The van der Waals surface area contributed by atoms with Gasteiger partial charge in [-0.3, -0.25) is 4.79 Å². The van der Waals surface area contributed by atoms with Gasteiger partial charge in [-0.1, -0.05) is 6.07 Å². The summed E-state index contributed by atoms with van der Waals surface area (Å²) in [5, 5.41) is 8.94. The first-order valence-corrected chi connectivity index (χ1v) is 7.87. The van der Waals surface area contributed by atoms with E-state index in [2.05, 4.69) is 6.07 Å². The first-order valence-electron chi connectivity index (χ1n) is 7.87. The maximum atomic E-state index is 12.7. The van der Waals surface area contributed by atoms with Gasteiger partial charge in [0.15, 0.2) is 0 Å². The molecule has 0 unspecified atom stereocenters. The maximum Gasteiger partial charge on any atom is 0.335 e. The van der Waals surface area contributed by atoms with Gasteiger partial charge in [-0.05, 0) is 60.4 Å². The minimum Gasteiger partial charge on any atom is -0.497 e. The highest BCUT2D eigenvalue weighted by atomic mass is 16.5. The van der Waals surface area contributed by atoms with Gasteiger partial charge in [0.25, 0.3) is 5.91 Å². The molecule has 1 heterocycles. The SMILES string of the molecule is COc1ccc2c(c1)CCN(C(=O)c1ccc(C(=O)O)cc1)CC2. The highest BCUT2D eigenvalue weighted by Crippen LogP contribution is 2.22. The average molecular weight is 325 g/mol. The van der Waals surface area contributed by atoms with Crippen molar-refractivity contribution in [2.75, 3.05) is 20.2 Å². The summed E-state index contributed by atoms with van der Waals surface area (Å²) >= 11 is 0. The Morgan fingerprint density at radius 3 is 2.21 bits per heavy atom. The Balaban J connectivity index is 1.74. The van der Waals surface area contributed by atoms with E-state index in [0.717, 1.165) is 18.6 Å². The lowest BCUT2D eigenvalue weighted by Gasteiger charge is -2.20. The minimum atomic E-state index is -0.992. The maximum absolute atomic E-state index is 12.7. The number of hydrogen-bond acceptors (Lipinski definition) is 3. The highest BCUT2D eigenvalue weighted by molar-refractivity contribution is 5.96. The second-order valence-corrected chi connectivity index (χ2v) is 5.81. The van der Waals surface area contributed by atoms with Crippen LogP contribution in [0.25, 0.3) is 0 Å². The third-order valence-corrected chi connectivity index (χ3v) is 4.38. The first-order chi connectivity index (χ1) is 11.6. The lowest BCUT2D eigenvalue weighted by Crippen LogP contribution is -2.33. The Kier molecular flexibility index (Phi) is 4.51. The van der Waals surface area contributed by atoms with E-state index in [1.165, 1.54) is 23.3 Å². The first kappa shape index (κ1) is 16.1. The Morgan fingerprint density at radius 2 is 1.58 bits per heavy atom. The number of methoxy groups -OCH3 is 1. The molecule has 0 aliphatic carbocycles. The zero-order chi connectivity index (χ0) is 17.1. The van der Waals surface area contributed by atoms with Crippen molar-refractivity contribution in [3.05, 3.63) is 64.7 Å². The number of carbonyl (C=O) groups is 2. The van der Waals surface area contributed by atoms with Crippen LogP contribution in [0.4, 0.5) is 0 Å². The summed E-state index contributed by atoms with van der Waals surface area (Å²) in [5.74, 6) is -0.224. The van der Waals surface area contributed by atoms with E-state index in [-0.39, 0.29) is 11.5 Å². The van der Waals surface area contributed by atoms with Gasteiger partial charge >= 0.3 is 5.97 Å². The van der Waals surface area contributed by atoms with E-state index in [0.29, 0.717) is 18.7 Å². The Hall–Kier alpha value is -2.82. The Bertz CT molecular complexity index is 767. The predicted molar refractivity (Wildman–Crippen MR) is 89.7 cm³/mol. The van der Waals surface area contributed by atoms with E-state index in [4.69, 9.17) is 9.84 Å². The molecule has 0 aromatic heterocycles. The van der Waals surface area contributed by atoms with Crippen LogP contribution in [0.15, 0.2) is 42.5 Å². The number of benzene rings is 2. The number of carboxylic acids is 1. The molecule has 0 saturated carbocycles. The third kappa shape index (κ3) is 3.25. The van der Waals surface area contributed by atoms with Crippen molar-refractivity contribution in [1.82, 2.24) is 4.90 Å². The van der Waals surface area contributed by atoms with Crippen LogP contribution < -0.4 is 4.74 Å². The molecule has 124 valence electrons. The van der Waals surface area contributed by atoms with Crippen molar-refractivity contribution in [2.24, 2.45) is 0 Å². The molecule has 1 aliphatic rings. The molecule has 5 heteroatoms. The number of rotatable bonds is 3. The van der Waals surface area contributed by atoms with Crippen molar-refractivity contribution in [3.63, 3.8) is 0 Å². The summed E-state index contributed by atoms with van der Waals surface area (Å²) in [6, 6.07) is 12.1. The van der Waals surface area contributed by atoms with Crippen LogP contribution in [0, 0.1) is 0 Å². The van der Waals surface area contributed by atoms with Crippen molar-refractivity contribution in [1.29, 1.82) is 0 Å². The van der Waals surface area contributed by atoms with Crippen molar-refractivity contribution < 1.29 is 19.4 Å². The minimum absolute atomic E-state index is 0.0632. The number of carbonyl (C=O) groups excluding carboxylic acids is 1. The topological polar surface area (TPSA) is 66.8 Å². The molecular weight excluding hydrogens is 306 g/mol. The highest BCUT2D eigenvalue weighted by Gasteiger charge is 2.20. The van der Waals surface area contributed by atoms with E-state index in [9.17, 15) is 9.59 Å². The molecule has 2 aromatic carbocycles. The molecule has 0 fully saturated rings. The number of carboxylic acid groups (broad SMARTS) is 1. The van der Waals surface area contributed by atoms with Crippen LogP contribution in [-0.2, 0) is 12.8 Å². The van der Waals surface area contributed by atoms with E-state index in [1.54, 1.807) is 19.2 Å². The number of nitrogens with zero attached hydrogens (tertiary/aromatic N) is 1. The molecule has 1 amide bonds. The fraction of sp³-hybridized carbons (Fsp3) is 0.263. The summed E-state index contributed by atoms with van der Waals surface area (Å²) in [4.78, 5) is 25.4. The third-order valence-electron chi connectivity index (χ3n) is 4.38. The van der Waals surface area contributed by atoms with E-state index >= 15 is 0 Å². The largest absolute Gasteiger partial charge is 0.497 e. The average Bonchev–Trinajstić information content (AvgIpc) is 2.83. The molecule has 0 radical (unpaired) electrons. The molecule has 0 bridgehead atoms. The van der Waals surface area contributed by atoms with Crippen molar-refractivity contribution in [3.8, 4) is 5.75 Å². The fourth-order valence-electron chi connectivity index (χ4n) is 2.97. The second-order valence-electron chi connectivity index (χ2n) is 5.81. The second kappa shape index (κ2) is 6.74. The van der Waals surface area contributed by atoms with Gasteiger partial charge in [-0.15, -0.1) is 0 Å². The zero-order valence-electron chi connectivity index (χ0n) is 13.5. The molecule has 0 spiro atoms. The fourth-order valence-corrected chi connectivity index (χ4v) is 2.97. The van der Waals surface area contributed by atoms with Crippen LogP contribution >= 0.6 is 0 Å². The van der Waals surface area contributed by atoms with Crippen molar-refractivity contribution >= 4 is 11.9 Å². The van der Waals surface area contributed by atoms with Gasteiger partial charge in [0.2, 0.25) is 0 Å². The van der Waals surface area contributed by atoms with Crippen LogP contribution in [0.5, 0.6) is 5.75 Å². The predicted octanol–water partition coefficient (Wildman–Crippen LogP) is 2.63. The van der Waals surface area contributed by atoms with Crippen LogP contribution in [0.3, 0.4) is 0 Å². The summed E-state index contributed by atoms with van der Waals surface area (Å²) in [6.45, 7) is 1.29. The number of aromatic carboxylic acids is 1. The summed E-state index contributed by atoms with van der Waals surface area (Å²) in [7, 11) is 1.65. The van der Waals surface area contributed by atoms with Gasteiger partial charge in [0.1, 0.15) is 5.75 Å². The van der Waals surface area contributed by atoms with Gasteiger partial charge < -0.3 is 14.7 Å². The monoisotopic (exact) mass is 325 g/mol. The smallest absolute Gasteiger partial charge is 0.335 e. The molecule has 0 atom stereocenters. The number of hydrogen-bond donors (Lipinski definition) is 1. The van der Waals surface area contributed by atoms with Crippen molar-refractivity contribution in [2.45, 2.75) is 12.8 Å². The number of fused-ring (bicyclic) bond motifs is 1. The van der Waals surface area contributed by atoms with Gasteiger partial charge in [0, 0.05) is 18.7 Å². The van der Waals surface area contributed by atoms with E-state index in [1.807, 2.05) is 17.0 Å². The van der Waals surface area contributed by atoms with Gasteiger partial charge in [-0.25, -0.2) is 4.79 Å². The molecule has 1 N–H and O–H groups in total. The number of ether oxygens (including phenoxy) is 1. The Morgan fingerprint density at radius 1 is 0.958 bits per heavy atom. The van der Waals surface area contributed by atoms with Crippen LogP contribution in [0.2, 0.25) is 0 Å². The molecule has 5 nitrogen and oxygen atoms in total. The molecule has 1 aliphatic heterocycles. The molecule has 2 aromatic rings. The molecule has 3 rings (SSSR count). The molecule has 24 heavy (non-hydrogen) atoms. The normalized spacial score (nSPS) is 13.8. The summed E-state index contributed by atoms with van der Waals surface area (Å²) in [6.07, 6.45) is 1.59. The molecular formula is C19H19NO4. The van der Waals surface area contributed by atoms with Gasteiger partial charge in [0.05, 0.1) is 12.7 Å². The summed E-state index contributed by atoms with van der Waals surface area (Å²) < 4.78 is 5.27. The lowest BCUT2D eigenvalue weighted by atomic mass is 10.0. The zero-order valence-corrected chi connectivity index (χ0v) is 13.5. The van der Waals surface area contributed by atoms with Crippen LogP contribution in [-0.4, -0.2) is 42.1 Å².